The molecule has 4 nitrogen and oxygen atoms in total. The van der Waals surface area contributed by atoms with Crippen molar-refractivity contribution in [2.45, 2.75) is 6.10 Å². The normalized spacial score (nSPS) is 12.2. The molecule has 1 heterocycles. The van der Waals surface area contributed by atoms with Gasteiger partial charge in [0, 0.05) is 29.6 Å². The molecule has 0 saturated heterocycles. The first-order valence-corrected chi connectivity index (χ1v) is 4.99. The average molecular weight is 234 g/mol. The molecule has 2 rings (SSSR count). The van der Waals surface area contributed by atoms with E-state index in [1.807, 2.05) is 0 Å². The van der Waals surface area contributed by atoms with Crippen molar-refractivity contribution in [2.75, 3.05) is 7.11 Å². The lowest BCUT2D eigenvalue weighted by atomic mass is 10.0. The van der Waals surface area contributed by atoms with Crippen LogP contribution in [0.3, 0.4) is 0 Å². The van der Waals surface area contributed by atoms with Gasteiger partial charge >= 0.3 is 0 Å². The van der Waals surface area contributed by atoms with Gasteiger partial charge in [-0.1, -0.05) is 0 Å². The number of hydrogen-bond donors (Lipinski definition) is 1. The number of hydrogen-bond acceptors (Lipinski definition) is 4. The number of rotatable bonds is 3. The Bertz CT molecular complexity index is 505. The average Bonchev–Trinajstić information content (AvgIpc) is 2.39. The van der Waals surface area contributed by atoms with Crippen molar-refractivity contribution in [3.05, 3.63) is 53.9 Å². The van der Waals surface area contributed by atoms with Crippen LogP contribution in [0.1, 0.15) is 17.2 Å². The Balaban J connectivity index is 2.34. The third-order valence-electron chi connectivity index (χ3n) is 2.40. The quantitative estimate of drug-likeness (QED) is 0.878. The van der Waals surface area contributed by atoms with E-state index in [0.717, 1.165) is 0 Å². The van der Waals surface area contributed by atoms with Gasteiger partial charge in [0.1, 0.15) is 24.0 Å². The van der Waals surface area contributed by atoms with Crippen LogP contribution in [0.15, 0.2) is 36.9 Å². The molecule has 1 aromatic heterocycles. The second-order valence-electron chi connectivity index (χ2n) is 3.46. The van der Waals surface area contributed by atoms with Gasteiger partial charge in [0.2, 0.25) is 0 Å². The van der Waals surface area contributed by atoms with Crippen molar-refractivity contribution >= 4 is 0 Å². The van der Waals surface area contributed by atoms with Crippen LogP contribution in [0.5, 0.6) is 5.75 Å². The maximum Gasteiger partial charge on any atom is 0.133 e. The van der Waals surface area contributed by atoms with Gasteiger partial charge in [-0.2, -0.15) is 0 Å². The molecule has 17 heavy (non-hydrogen) atoms. The van der Waals surface area contributed by atoms with E-state index in [0.29, 0.717) is 11.3 Å². The first kappa shape index (κ1) is 11.5. The minimum absolute atomic E-state index is 0.167. The molecule has 0 saturated carbocycles. The third-order valence-corrected chi connectivity index (χ3v) is 2.40. The Hall–Kier alpha value is -2.01. The predicted molar refractivity (Wildman–Crippen MR) is 59.0 cm³/mol. The zero-order valence-electron chi connectivity index (χ0n) is 9.17. The molecule has 1 atom stereocenters. The zero-order valence-corrected chi connectivity index (χ0v) is 9.17. The van der Waals surface area contributed by atoms with E-state index < -0.39 is 11.9 Å². The molecule has 1 unspecified atom stereocenters. The molecule has 5 heteroatoms. The number of methoxy groups -OCH3 is 1. The molecule has 0 aliphatic heterocycles. The van der Waals surface area contributed by atoms with Crippen LogP contribution in [-0.2, 0) is 0 Å². The Morgan fingerprint density at radius 2 is 2.00 bits per heavy atom. The molecule has 0 bridgehead atoms. The topological polar surface area (TPSA) is 55.2 Å². The molecule has 0 aliphatic carbocycles. The summed E-state index contributed by atoms with van der Waals surface area (Å²) in [7, 11) is 1.45. The van der Waals surface area contributed by atoms with E-state index in [-0.39, 0.29) is 5.56 Å². The van der Waals surface area contributed by atoms with Crippen LogP contribution in [0.4, 0.5) is 4.39 Å². The first-order chi connectivity index (χ1) is 8.22. The summed E-state index contributed by atoms with van der Waals surface area (Å²) < 4.78 is 18.6. The molecular weight excluding hydrogens is 223 g/mol. The predicted octanol–water partition coefficient (Wildman–Crippen LogP) is 1.71. The smallest absolute Gasteiger partial charge is 0.133 e. The van der Waals surface area contributed by atoms with Gasteiger partial charge in [-0.05, 0) is 12.1 Å². The standard InChI is InChI=1S/C12H11FN2O2/c1-17-9-2-3-10(11(13)4-9)12(16)8-5-14-7-15-6-8/h2-7,12,16H,1H3. The summed E-state index contributed by atoms with van der Waals surface area (Å²) in [5, 5.41) is 9.98. The molecule has 0 amide bonds. The molecule has 0 fully saturated rings. The summed E-state index contributed by atoms with van der Waals surface area (Å²) in [6, 6.07) is 4.29. The largest absolute Gasteiger partial charge is 0.497 e. The van der Waals surface area contributed by atoms with E-state index in [1.165, 1.54) is 38.0 Å². The maximum absolute atomic E-state index is 13.7. The van der Waals surface area contributed by atoms with E-state index in [1.54, 1.807) is 6.07 Å². The van der Waals surface area contributed by atoms with E-state index in [4.69, 9.17) is 4.74 Å². The van der Waals surface area contributed by atoms with Crippen LogP contribution in [0, 0.1) is 5.82 Å². The summed E-state index contributed by atoms with van der Waals surface area (Å²) in [6.07, 6.45) is 3.16. The number of aliphatic hydroxyl groups is 1. The Kier molecular flexibility index (Phi) is 3.30. The van der Waals surface area contributed by atoms with Crippen molar-refractivity contribution in [1.82, 2.24) is 9.97 Å². The minimum atomic E-state index is -1.08. The molecule has 1 N–H and O–H groups in total. The van der Waals surface area contributed by atoms with E-state index in [9.17, 15) is 9.50 Å². The molecule has 0 aliphatic rings. The van der Waals surface area contributed by atoms with Crippen molar-refractivity contribution in [3.63, 3.8) is 0 Å². The summed E-state index contributed by atoms with van der Waals surface area (Å²) >= 11 is 0. The fourth-order valence-electron chi connectivity index (χ4n) is 1.49. The number of aliphatic hydroxyl groups excluding tert-OH is 1. The lowest BCUT2D eigenvalue weighted by molar-refractivity contribution is 0.214. The summed E-state index contributed by atoms with van der Waals surface area (Å²) in [5.41, 5.74) is 0.608. The fraction of sp³-hybridized carbons (Fsp3) is 0.167. The number of halogens is 1. The highest BCUT2D eigenvalue weighted by Gasteiger charge is 2.15. The van der Waals surface area contributed by atoms with Gasteiger partial charge in [0.15, 0.2) is 0 Å². The number of benzene rings is 1. The van der Waals surface area contributed by atoms with Crippen LogP contribution < -0.4 is 4.74 Å². The van der Waals surface area contributed by atoms with Crippen molar-refractivity contribution in [3.8, 4) is 5.75 Å². The van der Waals surface area contributed by atoms with Gasteiger partial charge in [0.25, 0.3) is 0 Å². The summed E-state index contributed by atoms with van der Waals surface area (Å²) in [6.45, 7) is 0. The number of ether oxygens (including phenoxy) is 1. The molecule has 2 aromatic rings. The van der Waals surface area contributed by atoms with Gasteiger partial charge in [0.05, 0.1) is 7.11 Å². The third kappa shape index (κ3) is 2.39. The highest BCUT2D eigenvalue weighted by atomic mass is 19.1. The lowest BCUT2D eigenvalue weighted by Crippen LogP contribution is -2.03. The van der Waals surface area contributed by atoms with Crippen LogP contribution in [0.25, 0.3) is 0 Å². The Labute approximate surface area is 97.7 Å². The van der Waals surface area contributed by atoms with Gasteiger partial charge in [-0.25, -0.2) is 14.4 Å². The molecule has 88 valence electrons. The summed E-state index contributed by atoms with van der Waals surface area (Å²) in [5.74, 6) is -0.122. The van der Waals surface area contributed by atoms with Crippen molar-refractivity contribution < 1.29 is 14.2 Å². The Morgan fingerprint density at radius 3 is 2.59 bits per heavy atom. The van der Waals surface area contributed by atoms with Crippen LogP contribution >= 0.6 is 0 Å². The number of aromatic nitrogens is 2. The molecule has 0 radical (unpaired) electrons. The van der Waals surface area contributed by atoms with E-state index in [2.05, 4.69) is 9.97 Å². The molecular formula is C12H11FN2O2. The molecule has 1 aromatic carbocycles. The van der Waals surface area contributed by atoms with Crippen molar-refractivity contribution in [2.24, 2.45) is 0 Å². The van der Waals surface area contributed by atoms with Gasteiger partial charge in [-0.3, -0.25) is 0 Å². The number of nitrogens with zero attached hydrogens (tertiary/aromatic N) is 2. The molecule has 0 spiro atoms. The van der Waals surface area contributed by atoms with E-state index >= 15 is 0 Å². The van der Waals surface area contributed by atoms with Gasteiger partial charge in [-0.15, -0.1) is 0 Å². The van der Waals surface area contributed by atoms with Crippen molar-refractivity contribution in [1.29, 1.82) is 0 Å². The van der Waals surface area contributed by atoms with Gasteiger partial charge < -0.3 is 9.84 Å². The second kappa shape index (κ2) is 4.88. The SMILES string of the molecule is COc1ccc(C(O)c2cncnc2)c(F)c1. The minimum Gasteiger partial charge on any atom is -0.497 e. The maximum atomic E-state index is 13.7. The zero-order chi connectivity index (χ0) is 12.3. The highest BCUT2D eigenvalue weighted by Crippen LogP contribution is 2.25. The lowest BCUT2D eigenvalue weighted by Gasteiger charge is -2.12. The second-order valence-corrected chi connectivity index (χ2v) is 3.46. The van der Waals surface area contributed by atoms with Crippen LogP contribution in [0.2, 0.25) is 0 Å². The fourth-order valence-corrected chi connectivity index (χ4v) is 1.49. The monoisotopic (exact) mass is 234 g/mol. The van der Waals surface area contributed by atoms with Crippen LogP contribution in [-0.4, -0.2) is 22.2 Å². The Morgan fingerprint density at radius 1 is 1.29 bits per heavy atom. The summed E-state index contributed by atoms with van der Waals surface area (Å²) in [4.78, 5) is 7.55. The highest BCUT2D eigenvalue weighted by molar-refractivity contribution is 5.33. The first-order valence-electron chi connectivity index (χ1n) is 4.99.